The van der Waals surface area contributed by atoms with E-state index in [9.17, 15) is 4.79 Å². The molecular weight excluding hydrogens is 300 g/mol. The fourth-order valence-corrected chi connectivity index (χ4v) is 3.05. The number of likely N-dealkylation sites (N-methyl/N-ethyl adjacent to an activating group) is 1. The van der Waals surface area contributed by atoms with Crippen molar-refractivity contribution in [1.29, 1.82) is 5.26 Å². The second-order valence-electron chi connectivity index (χ2n) is 6.24. The quantitative estimate of drug-likeness (QED) is 0.853. The summed E-state index contributed by atoms with van der Waals surface area (Å²) in [5.41, 5.74) is 2.96. The standard InChI is InChI=1S/C19H20N4O/c1-22(2)16-9-8-15-5-3-4-6-18(15)23(13-16)19(24)17-10-7-14(11-20)12-21-17/h3-7,10,12,16H,8-9,13H2,1-2H3. The minimum Gasteiger partial charge on any atom is -0.305 e. The molecule has 2 aromatic rings. The van der Waals surface area contributed by atoms with E-state index in [1.54, 1.807) is 12.1 Å². The highest BCUT2D eigenvalue weighted by Crippen LogP contribution is 2.28. The lowest BCUT2D eigenvalue weighted by Crippen LogP contribution is -2.42. The first-order valence-electron chi connectivity index (χ1n) is 8.02. The summed E-state index contributed by atoms with van der Waals surface area (Å²) in [4.78, 5) is 21.2. The molecule has 0 fully saturated rings. The molecule has 1 aliphatic rings. The number of anilines is 1. The normalized spacial score (nSPS) is 17.1. The molecule has 5 nitrogen and oxygen atoms in total. The Labute approximate surface area is 142 Å². The summed E-state index contributed by atoms with van der Waals surface area (Å²) in [6, 6.07) is 13.6. The van der Waals surface area contributed by atoms with Gasteiger partial charge in [0.15, 0.2) is 0 Å². The van der Waals surface area contributed by atoms with Gasteiger partial charge in [0.25, 0.3) is 5.91 Å². The number of nitrogens with zero attached hydrogens (tertiary/aromatic N) is 4. The predicted molar refractivity (Wildman–Crippen MR) is 92.9 cm³/mol. The molecule has 0 N–H and O–H groups in total. The summed E-state index contributed by atoms with van der Waals surface area (Å²) in [7, 11) is 4.09. The molecular formula is C19H20N4O. The molecule has 0 radical (unpaired) electrons. The lowest BCUT2D eigenvalue weighted by molar-refractivity contribution is 0.0975. The average molecular weight is 320 g/mol. The van der Waals surface area contributed by atoms with Crippen molar-refractivity contribution < 1.29 is 4.79 Å². The van der Waals surface area contributed by atoms with E-state index < -0.39 is 0 Å². The number of pyridine rings is 1. The second kappa shape index (κ2) is 6.81. The van der Waals surface area contributed by atoms with Crippen LogP contribution in [0, 0.1) is 11.3 Å². The lowest BCUT2D eigenvalue weighted by Gasteiger charge is -2.29. The van der Waals surface area contributed by atoms with E-state index in [2.05, 4.69) is 16.0 Å². The molecule has 0 bridgehead atoms. The third-order valence-corrected chi connectivity index (χ3v) is 4.51. The summed E-state index contributed by atoms with van der Waals surface area (Å²) in [5, 5.41) is 8.89. The Morgan fingerprint density at radius 2 is 2.08 bits per heavy atom. The maximum absolute atomic E-state index is 13.0. The van der Waals surface area contributed by atoms with Crippen LogP contribution < -0.4 is 4.90 Å². The van der Waals surface area contributed by atoms with E-state index in [1.165, 1.54) is 11.8 Å². The zero-order chi connectivity index (χ0) is 17.1. The minimum atomic E-state index is -0.124. The van der Waals surface area contributed by atoms with E-state index in [4.69, 9.17) is 5.26 Å². The van der Waals surface area contributed by atoms with Gasteiger partial charge in [0.05, 0.1) is 5.56 Å². The molecule has 1 aromatic heterocycles. The number of carbonyl (C=O) groups excluding carboxylic acids is 1. The molecule has 1 aromatic carbocycles. The van der Waals surface area contributed by atoms with E-state index in [0.717, 1.165) is 18.5 Å². The number of hydrogen-bond acceptors (Lipinski definition) is 4. The van der Waals surface area contributed by atoms with Gasteiger partial charge in [0.1, 0.15) is 11.8 Å². The number of aromatic nitrogens is 1. The van der Waals surface area contributed by atoms with Gasteiger partial charge >= 0.3 is 0 Å². The van der Waals surface area contributed by atoms with Crippen molar-refractivity contribution in [3.05, 3.63) is 59.4 Å². The van der Waals surface area contributed by atoms with Crippen LogP contribution in [0.25, 0.3) is 0 Å². The van der Waals surface area contributed by atoms with Crippen molar-refractivity contribution in [2.45, 2.75) is 18.9 Å². The molecule has 0 spiro atoms. The van der Waals surface area contributed by atoms with Crippen LogP contribution >= 0.6 is 0 Å². The van der Waals surface area contributed by atoms with Gasteiger partial charge in [-0.3, -0.25) is 4.79 Å². The summed E-state index contributed by atoms with van der Waals surface area (Å²) < 4.78 is 0. The summed E-state index contributed by atoms with van der Waals surface area (Å²) in [5.74, 6) is -0.124. The van der Waals surface area contributed by atoms with Gasteiger partial charge in [-0.15, -0.1) is 0 Å². The fourth-order valence-electron chi connectivity index (χ4n) is 3.05. The third kappa shape index (κ3) is 3.15. The largest absolute Gasteiger partial charge is 0.305 e. The molecule has 24 heavy (non-hydrogen) atoms. The highest BCUT2D eigenvalue weighted by Gasteiger charge is 2.28. The zero-order valence-electron chi connectivity index (χ0n) is 13.9. The Morgan fingerprint density at radius 1 is 1.29 bits per heavy atom. The Hall–Kier alpha value is -2.71. The molecule has 3 rings (SSSR count). The van der Waals surface area contributed by atoms with Crippen LogP contribution in [0.3, 0.4) is 0 Å². The number of fused-ring (bicyclic) bond motifs is 1. The Morgan fingerprint density at radius 3 is 2.75 bits per heavy atom. The number of nitriles is 1. The number of aryl methyl sites for hydroxylation is 1. The second-order valence-corrected chi connectivity index (χ2v) is 6.24. The van der Waals surface area contributed by atoms with Crippen LogP contribution in [-0.2, 0) is 6.42 Å². The molecule has 1 aliphatic heterocycles. The van der Waals surface area contributed by atoms with E-state index in [-0.39, 0.29) is 5.91 Å². The Kier molecular flexibility index (Phi) is 4.59. The van der Waals surface area contributed by atoms with Gasteiger partial charge in [-0.25, -0.2) is 4.98 Å². The van der Waals surface area contributed by atoms with E-state index >= 15 is 0 Å². The monoisotopic (exact) mass is 320 g/mol. The molecule has 1 atom stereocenters. The third-order valence-electron chi connectivity index (χ3n) is 4.51. The number of carbonyl (C=O) groups is 1. The van der Waals surface area contributed by atoms with Crippen molar-refractivity contribution >= 4 is 11.6 Å². The van der Waals surface area contributed by atoms with Crippen LogP contribution in [0.2, 0.25) is 0 Å². The van der Waals surface area contributed by atoms with Crippen molar-refractivity contribution in [2.75, 3.05) is 25.5 Å². The maximum atomic E-state index is 13.0. The van der Waals surface area contributed by atoms with Gasteiger partial charge in [0, 0.05) is 24.5 Å². The lowest BCUT2D eigenvalue weighted by atomic mass is 10.1. The number of hydrogen-bond donors (Lipinski definition) is 0. The van der Waals surface area contributed by atoms with Crippen molar-refractivity contribution in [3.8, 4) is 6.07 Å². The van der Waals surface area contributed by atoms with E-state index in [0.29, 0.717) is 23.8 Å². The first kappa shape index (κ1) is 16.2. The molecule has 1 unspecified atom stereocenters. The number of rotatable bonds is 2. The fraction of sp³-hybridized carbons (Fsp3) is 0.316. The van der Waals surface area contributed by atoms with Gasteiger partial charge < -0.3 is 9.80 Å². The van der Waals surface area contributed by atoms with Crippen LogP contribution in [0.15, 0.2) is 42.6 Å². The molecule has 0 saturated carbocycles. The highest BCUT2D eigenvalue weighted by atomic mass is 16.2. The zero-order valence-corrected chi connectivity index (χ0v) is 13.9. The number of benzene rings is 1. The topological polar surface area (TPSA) is 60.2 Å². The van der Waals surface area contributed by atoms with Gasteiger partial charge in [-0.2, -0.15) is 5.26 Å². The van der Waals surface area contributed by atoms with Crippen LogP contribution in [-0.4, -0.2) is 42.5 Å². The van der Waals surface area contributed by atoms with E-state index in [1.807, 2.05) is 43.3 Å². The summed E-state index contributed by atoms with van der Waals surface area (Å²) in [6.45, 7) is 0.629. The number of para-hydroxylation sites is 1. The maximum Gasteiger partial charge on any atom is 0.276 e. The number of amides is 1. The summed E-state index contributed by atoms with van der Waals surface area (Å²) >= 11 is 0. The molecule has 5 heteroatoms. The first-order chi connectivity index (χ1) is 11.6. The van der Waals surface area contributed by atoms with Gasteiger partial charge in [-0.05, 0) is 50.7 Å². The van der Waals surface area contributed by atoms with Crippen molar-refractivity contribution in [3.63, 3.8) is 0 Å². The smallest absolute Gasteiger partial charge is 0.276 e. The molecule has 0 aliphatic carbocycles. The first-order valence-corrected chi connectivity index (χ1v) is 8.02. The SMILES string of the molecule is CN(C)C1CCc2ccccc2N(C(=O)c2ccc(C#N)cn2)C1. The molecule has 122 valence electrons. The van der Waals surface area contributed by atoms with Crippen LogP contribution in [0.4, 0.5) is 5.69 Å². The summed E-state index contributed by atoms with van der Waals surface area (Å²) in [6.07, 6.45) is 3.40. The average Bonchev–Trinajstić information content (AvgIpc) is 2.81. The van der Waals surface area contributed by atoms with Crippen molar-refractivity contribution in [1.82, 2.24) is 9.88 Å². The molecule has 0 saturated heterocycles. The Bertz CT molecular complexity index is 777. The van der Waals surface area contributed by atoms with Crippen LogP contribution in [0.1, 0.15) is 28.0 Å². The molecule has 2 heterocycles. The van der Waals surface area contributed by atoms with Crippen molar-refractivity contribution in [2.24, 2.45) is 0 Å². The molecule has 1 amide bonds. The predicted octanol–water partition coefficient (Wildman–Crippen LogP) is 2.48. The van der Waals surface area contributed by atoms with Gasteiger partial charge in [-0.1, -0.05) is 18.2 Å². The van der Waals surface area contributed by atoms with Crippen LogP contribution in [0.5, 0.6) is 0 Å². The van der Waals surface area contributed by atoms with Gasteiger partial charge in [0.2, 0.25) is 0 Å². The Balaban J connectivity index is 1.98. The highest BCUT2D eigenvalue weighted by molar-refractivity contribution is 6.05. The minimum absolute atomic E-state index is 0.124.